The minimum absolute atomic E-state index is 0.138. The molecule has 2 aromatic rings. The van der Waals surface area contributed by atoms with Gasteiger partial charge < -0.3 is 14.2 Å². The highest BCUT2D eigenvalue weighted by molar-refractivity contribution is 7.18. The Labute approximate surface area is 125 Å². The molecule has 0 unspecified atom stereocenters. The summed E-state index contributed by atoms with van der Waals surface area (Å²) in [5, 5.41) is 0. The highest BCUT2D eigenvalue weighted by Crippen LogP contribution is 2.39. The van der Waals surface area contributed by atoms with Crippen LogP contribution in [0.25, 0.3) is 0 Å². The number of rotatable bonds is 5. The van der Waals surface area contributed by atoms with Crippen molar-refractivity contribution < 1.29 is 19.0 Å². The highest BCUT2D eigenvalue weighted by Gasteiger charge is 2.19. The smallest absolute Gasteiger partial charge is 0.203 e. The predicted octanol–water partition coefficient (Wildman–Crippen LogP) is 3.66. The molecule has 2 rings (SSSR count). The van der Waals surface area contributed by atoms with Crippen molar-refractivity contribution in [3.63, 3.8) is 0 Å². The molecule has 0 aliphatic heterocycles. The molecule has 0 amide bonds. The molecule has 0 aliphatic rings. The third kappa shape index (κ3) is 2.73. The van der Waals surface area contributed by atoms with Crippen LogP contribution in [0, 0.1) is 0 Å². The molecule has 0 bridgehead atoms. The molecular formula is C14H13ClO4S. The number of ketones is 1. The van der Waals surface area contributed by atoms with Gasteiger partial charge in [-0.1, -0.05) is 11.6 Å². The number of ether oxygens (including phenoxy) is 3. The summed E-state index contributed by atoms with van der Waals surface area (Å²) in [7, 11) is 4.53. The van der Waals surface area contributed by atoms with Crippen LogP contribution in [0.2, 0.25) is 4.34 Å². The van der Waals surface area contributed by atoms with Gasteiger partial charge in [0, 0.05) is 5.56 Å². The molecule has 0 spiro atoms. The van der Waals surface area contributed by atoms with E-state index in [0.717, 1.165) is 0 Å². The van der Waals surface area contributed by atoms with Crippen LogP contribution in [0.5, 0.6) is 17.2 Å². The lowest BCUT2D eigenvalue weighted by Gasteiger charge is -2.13. The maximum atomic E-state index is 12.4. The Bertz CT molecular complexity index is 611. The predicted molar refractivity (Wildman–Crippen MR) is 78.9 cm³/mol. The molecule has 0 saturated carbocycles. The van der Waals surface area contributed by atoms with E-state index in [4.69, 9.17) is 25.8 Å². The van der Waals surface area contributed by atoms with Gasteiger partial charge in [-0.25, -0.2) is 0 Å². The van der Waals surface area contributed by atoms with Crippen molar-refractivity contribution in [3.8, 4) is 17.2 Å². The molecule has 1 aromatic heterocycles. The van der Waals surface area contributed by atoms with Gasteiger partial charge in [-0.15, -0.1) is 11.3 Å². The molecule has 0 aliphatic carbocycles. The van der Waals surface area contributed by atoms with Gasteiger partial charge in [0.05, 0.1) is 30.5 Å². The van der Waals surface area contributed by atoms with Gasteiger partial charge in [-0.05, 0) is 24.3 Å². The average Bonchev–Trinajstić information content (AvgIpc) is 2.91. The first-order chi connectivity index (χ1) is 9.60. The van der Waals surface area contributed by atoms with Crippen molar-refractivity contribution in [3.05, 3.63) is 39.0 Å². The van der Waals surface area contributed by atoms with E-state index in [1.165, 1.54) is 32.7 Å². The van der Waals surface area contributed by atoms with Crippen molar-refractivity contribution in [1.29, 1.82) is 0 Å². The molecule has 0 fully saturated rings. The Balaban J connectivity index is 2.49. The summed E-state index contributed by atoms with van der Waals surface area (Å²) in [6.07, 6.45) is 0. The van der Waals surface area contributed by atoms with Crippen LogP contribution in [-0.2, 0) is 0 Å². The summed E-state index contributed by atoms with van der Waals surface area (Å²) < 4.78 is 16.3. The van der Waals surface area contributed by atoms with Crippen molar-refractivity contribution in [2.45, 2.75) is 0 Å². The second-order valence-electron chi connectivity index (χ2n) is 3.85. The second kappa shape index (κ2) is 6.15. The molecule has 0 atom stereocenters. The van der Waals surface area contributed by atoms with Crippen LogP contribution in [-0.4, -0.2) is 27.1 Å². The van der Waals surface area contributed by atoms with Crippen LogP contribution < -0.4 is 14.2 Å². The van der Waals surface area contributed by atoms with Crippen LogP contribution >= 0.6 is 22.9 Å². The van der Waals surface area contributed by atoms with Crippen LogP contribution in [0.15, 0.2) is 24.3 Å². The first kappa shape index (κ1) is 14.7. The third-order valence-electron chi connectivity index (χ3n) is 2.72. The van der Waals surface area contributed by atoms with E-state index in [1.54, 1.807) is 24.3 Å². The molecule has 0 radical (unpaired) electrons. The fourth-order valence-electron chi connectivity index (χ4n) is 1.79. The topological polar surface area (TPSA) is 44.8 Å². The van der Waals surface area contributed by atoms with E-state index >= 15 is 0 Å². The van der Waals surface area contributed by atoms with E-state index in [2.05, 4.69) is 0 Å². The Morgan fingerprint density at radius 2 is 1.65 bits per heavy atom. The Hall–Kier alpha value is -1.72. The number of methoxy groups -OCH3 is 3. The first-order valence-corrected chi connectivity index (χ1v) is 6.90. The number of hydrogen-bond donors (Lipinski definition) is 0. The number of hydrogen-bond acceptors (Lipinski definition) is 5. The lowest BCUT2D eigenvalue weighted by atomic mass is 10.1. The van der Waals surface area contributed by atoms with Gasteiger partial charge in [-0.2, -0.15) is 0 Å². The van der Waals surface area contributed by atoms with Crippen LogP contribution in [0.1, 0.15) is 15.2 Å². The molecular weight excluding hydrogens is 300 g/mol. The first-order valence-electron chi connectivity index (χ1n) is 5.70. The van der Waals surface area contributed by atoms with Crippen LogP contribution in [0.4, 0.5) is 0 Å². The number of benzene rings is 1. The molecule has 0 saturated heterocycles. The average molecular weight is 313 g/mol. The van der Waals surface area contributed by atoms with Crippen LogP contribution in [0.3, 0.4) is 0 Å². The largest absolute Gasteiger partial charge is 0.493 e. The summed E-state index contributed by atoms with van der Waals surface area (Å²) in [5.74, 6) is 1.20. The van der Waals surface area contributed by atoms with E-state index < -0.39 is 0 Å². The molecule has 1 aromatic carbocycles. The minimum Gasteiger partial charge on any atom is -0.493 e. The van der Waals surface area contributed by atoms with E-state index in [-0.39, 0.29) is 5.78 Å². The van der Waals surface area contributed by atoms with Crippen molar-refractivity contribution in [2.24, 2.45) is 0 Å². The normalized spacial score (nSPS) is 10.2. The fraction of sp³-hybridized carbons (Fsp3) is 0.214. The van der Waals surface area contributed by atoms with E-state index in [9.17, 15) is 4.79 Å². The summed E-state index contributed by atoms with van der Waals surface area (Å²) in [5.41, 5.74) is 0.456. The van der Waals surface area contributed by atoms with E-state index in [1.807, 2.05) is 0 Å². The van der Waals surface area contributed by atoms with Gasteiger partial charge in [0.2, 0.25) is 11.5 Å². The molecule has 6 heteroatoms. The minimum atomic E-state index is -0.138. The number of carbonyl (C=O) groups is 1. The maximum Gasteiger partial charge on any atom is 0.203 e. The summed E-state index contributed by atoms with van der Waals surface area (Å²) in [6.45, 7) is 0. The summed E-state index contributed by atoms with van der Waals surface area (Å²) >= 11 is 7.08. The summed E-state index contributed by atoms with van der Waals surface area (Å²) in [4.78, 5) is 13.0. The van der Waals surface area contributed by atoms with Gasteiger partial charge in [0.1, 0.15) is 0 Å². The maximum absolute atomic E-state index is 12.4. The van der Waals surface area contributed by atoms with Crippen molar-refractivity contribution in [2.75, 3.05) is 21.3 Å². The number of thiophene rings is 1. The molecule has 106 valence electrons. The molecule has 1 heterocycles. The van der Waals surface area contributed by atoms with Gasteiger partial charge >= 0.3 is 0 Å². The molecule has 4 nitrogen and oxygen atoms in total. The summed E-state index contributed by atoms with van der Waals surface area (Å²) in [6, 6.07) is 6.63. The van der Waals surface area contributed by atoms with E-state index in [0.29, 0.717) is 32.0 Å². The SMILES string of the molecule is COc1cc(C(=O)c2ccc(Cl)s2)cc(OC)c1OC. The number of carbonyl (C=O) groups excluding carboxylic acids is 1. The standard InChI is InChI=1S/C14H13ClO4S/c1-17-9-6-8(7-10(18-2)14(9)19-3)13(16)11-4-5-12(15)20-11/h4-7H,1-3H3. The fourth-order valence-corrected chi connectivity index (χ4v) is 2.80. The second-order valence-corrected chi connectivity index (χ2v) is 5.56. The highest BCUT2D eigenvalue weighted by atomic mass is 35.5. The zero-order valence-corrected chi connectivity index (χ0v) is 12.8. The lowest BCUT2D eigenvalue weighted by molar-refractivity contribution is 0.104. The lowest BCUT2D eigenvalue weighted by Crippen LogP contribution is -2.02. The zero-order chi connectivity index (χ0) is 14.7. The monoisotopic (exact) mass is 312 g/mol. The van der Waals surface area contributed by atoms with Crippen molar-refractivity contribution in [1.82, 2.24) is 0 Å². The number of halogens is 1. The van der Waals surface area contributed by atoms with Crippen molar-refractivity contribution >= 4 is 28.7 Å². The van der Waals surface area contributed by atoms with Gasteiger partial charge in [-0.3, -0.25) is 4.79 Å². The Kier molecular flexibility index (Phi) is 4.52. The molecule has 0 N–H and O–H groups in total. The third-order valence-corrected chi connectivity index (χ3v) is 3.95. The zero-order valence-electron chi connectivity index (χ0n) is 11.2. The molecule has 20 heavy (non-hydrogen) atoms. The van der Waals surface area contributed by atoms with Gasteiger partial charge in [0.25, 0.3) is 0 Å². The Morgan fingerprint density at radius 3 is 2.05 bits per heavy atom. The van der Waals surface area contributed by atoms with Gasteiger partial charge in [0.15, 0.2) is 11.5 Å². The Morgan fingerprint density at radius 1 is 1.05 bits per heavy atom. The quantitative estimate of drug-likeness (QED) is 0.790.